The molecule has 0 aliphatic heterocycles. The van der Waals surface area contributed by atoms with Gasteiger partial charge in [-0.3, -0.25) is 9.59 Å². The van der Waals surface area contributed by atoms with Crippen molar-refractivity contribution in [3.8, 4) is 32.8 Å². The first kappa shape index (κ1) is 41.1. The van der Waals surface area contributed by atoms with Gasteiger partial charge in [-0.05, 0) is 74.8 Å². The van der Waals surface area contributed by atoms with E-state index in [9.17, 15) is 19.2 Å². The van der Waals surface area contributed by atoms with Gasteiger partial charge in [-0.1, -0.05) is 42.5 Å². The van der Waals surface area contributed by atoms with Gasteiger partial charge in [0.25, 0.3) is 0 Å². The van der Waals surface area contributed by atoms with Gasteiger partial charge in [-0.15, -0.1) is 11.3 Å². The number of thiophene rings is 1. The largest absolute Gasteiger partial charge is 2.00 e. The quantitative estimate of drug-likeness (QED) is 0.119. The van der Waals surface area contributed by atoms with Crippen LogP contribution in [0.4, 0.5) is 9.59 Å². The Morgan fingerprint density at radius 2 is 1.22 bits per heavy atom. The number of amides is 2. The number of methoxy groups -OCH3 is 2. The fourth-order valence-corrected chi connectivity index (χ4v) is 6.76. The van der Waals surface area contributed by atoms with Crippen LogP contribution in [0.15, 0.2) is 85.1 Å². The van der Waals surface area contributed by atoms with Gasteiger partial charge in [-0.25, -0.2) is 22.0 Å². The van der Waals surface area contributed by atoms with Gasteiger partial charge in [-0.2, -0.15) is 17.2 Å². The first-order valence-electron chi connectivity index (χ1n) is 14.2. The molecule has 7 aromatic rings. The van der Waals surface area contributed by atoms with Gasteiger partial charge in [0.05, 0.1) is 53.2 Å². The summed E-state index contributed by atoms with van der Waals surface area (Å²) >= 11 is 1.71. The zero-order valence-electron chi connectivity index (χ0n) is 26.7. The summed E-state index contributed by atoms with van der Waals surface area (Å²) < 4.78 is 8.75. The van der Waals surface area contributed by atoms with Crippen molar-refractivity contribution in [1.82, 2.24) is 19.9 Å². The van der Waals surface area contributed by atoms with Crippen molar-refractivity contribution in [2.75, 3.05) is 14.2 Å². The molecule has 3 heterocycles. The Morgan fingerprint density at radius 1 is 0.706 bits per heavy atom. The smallest absolute Gasteiger partial charge is 0.632 e. The van der Waals surface area contributed by atoms with E-state index in [1.54, 1.807) is 17.5 Å². The van der Waals surface area contributed by atoms with Crippen LogP contribution >= 0.6 is 28.5 Å². The van der Waals surface area contributed by atoms with Crippen LogP contribution in [0, 0.1) is 0 Å². The molecule has 0 saturated carbocycles. The average Bonchev–Trinajstić information content (AvgIpc) is 3.86. The van der Waals surface area contributed by atoms with Gasteiger partial charge in [0, 0.05) is 4.70 Å². The van der Waals surface area contributed by atoms with E-state index in [-0.39, 0.29) is 54.3 Å². The number of H-pyrrole nitrogens is 2. The van der Waals surface area contributed by atoms with Crippen molar-refractivity contribution in [3.05, 3.63) is 96.5 Å². The minimum Gasteiger partial charge on any atom is -0.632 e. The van der Waals surface area contributed by atoms with Crippen molar-refractivity contribution in [1.29, 1.82) is 0 Å². The van der Waals surface area contributed by atoms with Gasteiger partial charge >= 0.3 is 37.1 Å². The Kier molecular flexibility index (Phi) is 15.6. The van der Waals surface area contributed by atoms with Crippen molar-refractivity contribution < 1.29 is 65.8 Å². The summed E-state index contributed by atoms with van der Waals surface area (Å²) in [6.07, 6.45) is -0.213. The fraction of sp³-hybridized carbons (Fsp3) is 0.0588. The maximum atomic E-state index is 10.7. The Hall–Kier alpha value is -4.31. The van der Waals surface area contributed by atoms with Crippen LogP contribution in [0.25, 0.3) is 76.2 Å². The Bertz CT molecular complexity index is 2300. The van der Waals surface area contributed by atoms with E-state index in [1.165, 1.54) is 20.9 Å². The Balaban J connectivity index is 0.000000520. The fourth-order valence-electron chi connectivity index (χ4n) is 4.80. The number of aromatic amines is 2. The van der Waals surface area contributed by atoms with E-state index in [0.717, 1.165) is 58.1 Å². The van der Waals surface area contributed by atoms with Crippen LogP contribution in [0.5, 0.6) is 0 Å². The number of carbonyl (C=O) groups excluding carboxylic acids is 4. The zero-order chi connectivity index (χ0) is 34.9. The summed E-state index contributed by atoms with van der Waals surface area (Å²) in [5, 5.41) is 3.52. The number of imidazole rings is 2. The second-order valence-electron chi connectivity index (χ2n) is 10.0. The van der Waals surface area contributed by atoms with E-state index in [2.05, 4.69) is 102 Å². The molecule has 2 radical (unpaired) electrons. The molecule has 254 valence electrons. The number of nitrogens with zero attached hydrogens (tertiary/aromatic N) is 2. The number of carbonyl (C=O) groups is 2. The number of hydrogen-bond acceptors (Lipinski definition) is 9. The third-order valence-corrected chi connectivity index (χ3v) is 9.36. The molecule has 3 aromatic heterocycles. The normalized spacial score (nSPS) is 10.5. The molecular formula is C34H26N6O6P2SV2. The van der Waals surface area contributed by atoms with Crippen molar-refractivity contribution in [2.24, 2.45) is 0 Å². The summed E-state index contributed by atoms with van der Waals surface area (Å²) in [6, 6.07) is 31.7. The molecule has 0 fully saturated rings. The molecule has 2 atom stereocenters. The molecule has 0 aliphatic carbocycles. The van der Waals surface area contributed by atoms with E-state index < -0.39 is 12.2 Å². The number of fused-ring (bicyclic) bond motifs is 3. The molecule has 4 N–H and O–H groups in total. The molecule has 2 amide bonds. The molecule has 2 unspecified atom stereocenters. The van der Waals surface area contributed by atoms with Crippen LogP contribution in [0.1, 0.15) is 0 Å². The summed E-state index contributed by atoms with van der Waals surface area (Å²) in [7, 11) is 2.15. The molecule has 0 saturated heterocycles. The van der Waals surface area contributed by atoms with Gasteiger partial charge in [0.15, 0.2) is 0 Å². The predicted octanol–water partition coefficient (Wildman–Crippen LogP) is 8.00. The standard InChI is InChI=1S/C30H18N4O2P2S.2C2H5NO2.2V/c35-15-37-29-31-14-26(34-29)28-13-23-6-5-22(12-27(23)39-28)20-4-2-17-9-19(3-1-18(17)10-20)21-7-8-24-25(11-21)33-30(32-24)38-16-36;2*1-5-2(3)4;;/h1-14,37-38H,(H,31,34)(H,32,33);2*1H3,(H2,3,4);;/q-2;;;2*+2/p-2. The number of rotatable bonds is 7. The Morgan fingerprint density at radius 3 is 1.78 bits per heavy atom. The first-order valence-corrected chi connectivity index (χ1v) is 17.0. The number of nitrogens with one attached hydrogen (secondary N) is 4. The molecule has 17 heteroatoms. The molecule has 7 rings (SSSR count). The minimum atomic E-state index is -0.995. The number of ether oxygens (including phenoxy) is 2. The second kappa shape index (κ2) is 19.3. The first-order chi connectivity index (χ1) is 23.7. The van der Waals surface area contributed by atoms with Crippen LogP contribution in [-0.2, 0) is 56.2 Å². The van der Waals surface area contributed by atoms with Crippen LogP contribution < -0.4 is 11.1 Å². The van der Waals surface area contributed by atoms with E-state index >= 15 is 0 Å². The summed E-state index contributed by atoms with van der Waals surface area (Å²) in [6.45, 7) is 0. The van der Waals surface area contributed by atoms with Crippen LogP contribution in [0.3, 0.4) is 0 Å². The maximum Gasteiger partial charge on any atom is 2.00 e. The summed E-state index contributed by atoms with van der Waals surface area (Å²) in [5.41, 5.74) is 20.5. The zero-order valence-corrected chi connectivity index (χ0v) is 32.3. The number of benzene rings is 4. The third-order valence-electron chi connectivity index (χ3n) is 7.06. The van der Waals surface area contributed by atoms with E-state index in [0.29, 0.717) is 11.1 Å². The second-order valence-corrected chi connectivity index (χ2v) is 13.0. The molecule has 0 bridgehead atoms. The van der Waals surface area contributed by atoms with Crippen molar-refractivity contribution in [3.63, 3.8) is 0 Å². The average molecular weight is 811 g/mol. The molecule has 4 aromatic carbocycles. The van der Waals surface area contributed by atoms with Gasteiger partial charge in [0.2, 0.25) is 12.2 Å². The SMILES string of the molecule is COC([NH-])=O.COC([NH-])=O.O=[C-]Pc1ncc(-c2cc3ccc(-c4ccc5cc(-c6ccc7nc(P[C-]=O)[nH]c7c6)ccc5c4)cc3s2)[nH]1.[V+2].[V+2]. The monoisotopic (exact) mass is 810 g/mol. The summed E-state index contributed by atoms with van der Waals surface area (Å²) in [5.74, 6) is 0. The van der Waals surface area contributed by atoms with Crippen molar-refractivity contribution in [2.45, 2.75) is 0 Å². The third kappa shape index (κ3) is 10.6. The summed E-state index contributed by atoms with van der Waals surface area (Å²) in [4.78, 5) is 56.2. The van der Waals surface area contributed by atoms with Crippen LogP contribution in [-0.4, -0.2) is 58.4 Å². The molecule has 0 aliphatic rings. The number of aromatic nitrogens is 4. The topological polar surface area (TPSA) is 192 Å². The van der Waals surface area contributed by atoms with E-state index in [4.69, 9.17) is 11.5 Å². The molecule has 51 heavy (non-hydrogen) atoms. The Labute approximate surface area is 323 Å². The van der Waals surface area contributed by atoms with E-state index in [1.807, 2.05) is 18.1 Å². The predicted molar refractivity (Wildman–Crippen MR) is 198 cm³/mol. The van der Waals surface area contributed by atoms with Gasteiger partial charge < -0.3 is 40.5 Å². The van der Waals surface area contributed by atoms with Gasteiger partial charge in [0.1, 0.15) is 0 Å². The minimum absolute atomic E-state index is 0. The number of hydrogen-bond donors (Lipinski definition) is 2. The molecule has 0 spiro atoms. The maximum absolute atomic E-state index is 10.7. The molecular weight excluding hydrogens is 784 g/mol. The van der Waals surface area contributed by atoms with Crippen LogP contribution in [0.2, 0.25) is 0 Å². The molecule has 12 nitrogen and oxygen atoms in total. The van der Waals surface area contributed by atoms with Crippen molar-refractivity contribution >= 4 is 95.8 Å².